The zero-order valence-corrected chi connectivity index (χ0v) is 15.0. The molecule has 1 rings (SSSR count). The molecule has 6 nitrogen and oxygen atoms in total. The summed E-state index contributed by atoms with van der Waals surface area (Å²) in [5, 5.41) is 12.3. The van der Waals surface area contributed by atoms with Crippen LogP contribution in [0.5, 0.6) is 0 Å². The van der Waals surface area contributed by atoms with E-state index in [2.05, 4.69) is 5.32 Å². The molecule has 0 aliphatic carbocycles. The summed E-state index contributed by atoms with van der Waals surface area (Å²) in [5.41, 5.74) is -0.0145. The van der Waals surface area contributed by atoms with Crippen LogP contribution < -0.4 is 10.6 Å². The van der Waals surface area contributed by atoms with Gasteiger partial charge in [0, 0.05) is 11.7 Å². The molecule has 1 aromatic carbocycles. The number of carbonyl (C=O) groups is 2. The molecule has 0 bridgehead atoms. The quantitative estimate of drug-likeness (QED) is 0.803. The first kappa shape index (κ1) is 19.2. The van der Waals surface area contributed by atoms with Crippen molar-refractivity contribution in [2.75, 3.05) is 13.3 Å². The minimum absolute atomic E-state index is 0.0857. The largest absolute Gasteiger partial charge is 0.480 e. The third-order valence-corrected chi connectivity index (χ3v) is 4.48. The minimum atomic E-state index is -2.43. The van der Waals surface area contributed by atoms with Gasteiger partial charge in [0.05, 0.1) is 0 Å². The number of hydrogen-bond donors (Lipinski definition) is 2. The highest BCUT2D eigenvalue weighted by Crippen LogP contribution is 2.34. The van der Waals surface area contributed by atoms with Gasteiger partial charge in [-0.2, -0.15) is 0 Å². The van der Waals surface area contributed by atoms with E-state index in [1.165, 1.54) is 0 Å². The SMILES string of the molecule is CC(C)(C)OC(=O)NC(Cc1cccc(P(C)(C)=O)c1)C(=O)O. The molecule has 2 N–H and O–H groups in total. The molecule has 1 amide bonds. The van der Waals surface area contributed by atoms with Crippen molar-refractivity contribution >= 4 is 24.5 Å². The zero-order valence-electron chi connectivity index (χ0n) is 14.1. The van der Waals surface area contributed by atoms with Gasteiger partial charge in [0.25, 0.3) is 0 Å². The van der Waals surface area contributed by atoms with Crippen LogP contribution in [0.25, 0.3) is 0 Å². The maximum absolute atomic E-state index is 12.1. The lowest BCUT2D eigenvalue weighted by Crippen LogP contribution is -2.44. The number of rotatable bonds is 5. The number of nitrogens with one attached hydrogen (secondary N) is 1. The number of carbonyl (C=O) groups excluding carboxylic acids is 1. The van der Waals surface area contributed by atoms with Gasteiger partial charge in [-0.05, 0) is 45.7 Å². The van der Waals surface area contributed by atoms with E-state index in [-0.39, 0.29) is 6.42 Å². The van der Waals surface area contributed by atoms with E-state index in [1.54, 1.807) is 58.4 Å². The molecule has 0 aromatic heterocycles. The standard InChI is InChI=1S/C16H24NO5P/c1-16(2,3)22-15(20)17-13(14(18)19)10-11-7-6-8-12(9-11)23(4,5)21/h6-9,13H,10H2,1-5H3,(H,17,20)(H,18,19). The first-order valence-corrected chi connectivity index (χ1v) is 9.85. The Labute approximate surface area is 136 Å². The lowest BCUT2D eigenvalue weighted by Gasteiger charge is -2.22. The molecule has 0 radical (unpaired) electrons. The van der Waals surface area contributed by atoms with E-state index in [9.17, 15) is 19.3 Å². The number of hydrogen-bond acceptors (Lipinski definition) is 4. The molecule has 7 heteroatoms. The van der Waals surface area contributed by atoms with Gasteiger partial charge in [0.1, 0.15) is 18.8 Å². The van der Waals surface area contributed by atoms with Crippen molar-refractivity contribution in [3.63, 3.8) is 0 Å². The van der Waals surface area contributed by atoms with Gasteiger partial charge in [0.15, 0.2) is 0 Å². The highest BCUT2D eigenvalue weighted by Gasteiger charge is 2.24. The Bertz CT molecular complexity index is 630. The number of carboxylic acids is 1. The Hall–Kier alpha value is -1.81. The molecule has 0 heterocycles. The molecule has 0 saturated carbocycles. The Morgan fingerprint density at radius 1 is 1.30 bits per heavy atom. The number of ether oxygens (including phenoxy) is 1. The van der Waals surface area contributed by atoms with Gasteiger partial charge in [-0.1, -0.05) is 18.2 Å². The summed E-state index contributed by atoms with van der Waals surface area (Å²) in [6, 6.07) is 5.82. The number of amides is 1. The van der Waals surface area contributed by atoms with E-state index < -0.39 is 30.8 Å². The lowest BCUT2D eigenvalue weighted by molar-refractivity contribution is -0.139. The van der Waals surface area contributed by atoms with Crippen LogP contribution in [-0.4, -0.2) is 42.1 Å². The predicted octanol–water partition coefficient (Wildman–Crippen LogP) is 2.46. The Balaban J connectivity index is 2.87. The molecule has 1 atom stereocenters. The molecule has 0 saturated heterocycles. The molecule has 0 aliphatic heterocycles. The average molecular weight is 341 g/mol. The van der Waals surface area contributed by atoms with Crippen molar-refractivity contribution in [1.29, 1.82) is 0 Å². The molecule has 0 fully saturated rings. The fourth-order valence-corrected chi connectivity index (χ4v) is 2.83. The van der Waals surface area contributed by atoms with Gasteiger partial charge in [0.2, 0.25) is 0 Å². The second-order valence-corrected chi connectivity index (χ2v) is 9.98. The second-order valence-electron chi connectivity index (χ2n) is 6.76. The zero-order chi connectivity index (χ0) is 17.8. The van der Waals surface area contributed by atoms with E-state index >= 15 is 0 Å². The smallest absolute Gasteiger partial charge is 0.408 e. The molecular formula is C16H24NO5P. The monoisotopic (exact) mass is 341 g/mol. The van der Waals surface area contributed by atoms with Crippen molar-refractivity contribution in [1.82, 2.24) is 5.32 Å². The second kappa shape index (κ2) is 7.18. The summed E-state index contributed by atoms with van der Waals surface area (Å²) < 4.78 is 17.2. The maximum atomic E-state index is 12.1. The molecule has 23 heavy (non-hydrogen) atoms. The van der Waals surface area contributed by atoms with Crippen LogP contribution in [-0.2, 0) is 20.5 Å². The summed E-state index contributed by atoms with van der Waals surface area (Å²) in [5.74, 6) is -1.16. The van der Waals surface area contributed by atoms with Gasteiger partial charge < -0.3 is 19.7 Å². The number of alkyl carbamates (subject to hydrolysis) is 1. The Morgan fingerprint density at radius 2 is 1.91 bits per heavy atom. The number of benzene rings is 1. The Kier molecular flexibility index (Phi) is 6.00. The molecular weight excluding hydrogens is 317 g/mol. The highest BCUT2D eigenvalue weighted by atomic mass is 31.2. The van der Waals surface area contributed by atoms with Crippen LogP contribution in [0.2, 0.25) is 0 Å². The van der Waals surface area contributed by atoms with Gasteiger partial charge in [-0.3, -0.25) is 0 Å². The first-order chi connectivity index (χ1) is 10.4. The molecule has 1 unspecified atom stereocenters. The van der Waals surface area contributed by atoms with Crippen molar-refractivity contribution < 1.29 is 24.0 Å². The number of carboxylic acid groups (broad SMARTS) is 1. The predicted molar refractivity (Wildman–Crippen MR) is 90.0 cm³/mol. The van der Waals surface area contributed by atoms with E-state index in [1.807, 2.05) is 0 Å². The van der Waals surface area contributed by atoms with Crippen LogP contribution in [0.15, 0.2) is 24.3 Å². The van der Waals surface area contributed by atoms with Crippen LogP contribution in [0.3, 0.4) is 0 Å². The third kappa shape index (κ3) is 6.87. The van der Waals surface area contributed by atoms with Crippen LogP contribution in [0.1, 0.15) is 26.3 Å². The molecule has 128 valence electrons. The normalized spacial score (nSPS) is 13.3. The minimum Gasteiger partial charge on any atom is -0.480 e. The summed E-state index contributed by atoms with van der Waals surface area (Å²) >= 11 is 0. The van der Waals surface area contributed by atoms with Crippen LogP contribution in [0.4, 0.5) is 4.79 Å². The van der Waals surface area contributed by atoms with Gasteiger partial charge >= 0.3 is 12.1 Å². The van der Waals surface area contributed by atoms with Gasteiger partial charge in [-0.15, -0.1) is 0 Å². The molecule has 1 aromatic rings. The van der Waals surface area contributed by atoms with E-state index in [0.717, 1.165) is 0 Å². The fraction of sp³-hybridized carbons (Fsp3) is 0.500. The molecule has 0 aliphatic rings. The Morgan fingerprint density at radius 3 is 2.39 bits per heavy atom. The lowest BCUT2D eigenvalue weighted by atomic mass is 10.1. The van der Waals surface area contributed by atoms with Crippen LogP contribution in [0, 0.1) is 0 Å². The first-order valence-electron chi connectivity index (χ1n) is 7.25. The van der Waals surface area contributed by atoms with Crippen molar-refractivity contribution in [2.45, 2.75) is 38.8 Å². The summed E-state index contributed by atoms with van der Waals surface area (Å²) in [6.45, 7) is 8.41. The highest BCUT2D eigenvalue weighted by molar-refractivity contribution is 7.70. The maximum Gasteiger partial charge on any atom is 0.408 e. The third-order valence-electron chi connectivity index (χ3n) is 2.96. The van der Waals surface area contributed by atoms with Crippen molar-refractivity contribution in [3.8, 4) is 0 Å². The van der Waals surface area contributed by atoms with Gasteiger partial charge in [-0.25, -0.2) is 9.59 Å². The summed E-state index contributed by atoms with van der Waals surface area (Å²) in [4.78, 5) is 23.1. The van der Waals surface area contributed by atoms with E-state index in [0.29, 0.717) is 10.9 Å². The molecule has 0 spiro atoms. The average Bonchev–Trinajstić information content (AvgIpc) is 2.35. The summed E-state index contributed by atoms with van der Waals surface area (Å²) in [7, 11) is -2.43. The van der Waals surface area contributed by atoms with Crippen LogP contribution >= 0.6 is 7.14 Å². The van der Waals surface area contributed by atoms with E-state index in [4.69, 9.17) is 4.74 Å². The number of aliphatic carboxylic acids is 1. The summed E-state index contributed by atoms with van der Waals surface area (Å²) in [6.07, 6.45) is -0.694. The topological polar surface area (TPSA) is 92.7 Å². The van der Waals surface area contributed by atoms with Crippen molar-refractivity contribution in [3.05, 3.63) is 29.8 Å². The fourth-order valence-electron chi connectivity index (χ4n) is 1.90. The van der Waals surface area contributed by atoms with Crippen molar-refractivity contribution in [2.24, 2.45) is 0 Å².